The second-order valence-electron chi connectivity index (χ2n) is 7.60. The predicted molar refractivity (Wildman–Crippen MR) is 112 cm³/mol. The van der Waals surface area contributed by atoms with Crippen molar-refractivity contribution in [1.82, 2.24) is 25.4 Å². The van der Waals surface area contributed by atoms with Crippen LogP contribution in [0.2, 0.25) is 5.02 Å². The number of benzene rings is 1. The SMILES string of the molecule is Cc1ccc2[nH]ncc2c1-c1nc2c(cc1Cl)=C(N1CCNCC1C)CCN=2. The summed E-state index contributed by atoms with van der Waals surface area (Å²) < 4.78 is 0. The number of rotatable bonds is 2. The van der Waals surface area contributed by atoms with Gasteiger partial charge < -0.3 is 10.2 Å². The Morgan fingerprint density at radius 3 is 3.04 bits per heavy atom. The molecule has 7 heteroatoms. The molecule has 0 spiro atoms. The van der Waals surface area contributed by atoms with Crippen molar-refractivity contribution in [2.45, 2.75) is 26.3 Å². The van der Waals surface area contributed by atoms with Gasteiger partial charge in [0.25, 0.3) is 0 Å². The first kappa shape index (κ1) is 17.6. The van der Waals surface area contributed by atoms with E-state index in [0.717, 1.165) is 71.0 Å². The molecular formula is C21H23ClN6. The van der Waals surface area contributed by atoms with Crippen LogP contribution in [0.25, 0.3) is 27.9 Å². The zero-order valence-corrected chi connectivity index (χ0v) is 16.8. The van der Waals surface area contributed by atoms with Crippen molar-refractivity contribution >= 4 is 28.2 Å². The first-order chi connectivity index (χ1) is 13.6. The molecule has 2 aliphatic heterocycles. The van der Waals surface area contributed by atoms with Crippen LogP contribution >= 0.6 is 11.6 Å². The fraction of sp³-hybridized carbons (Fsp3) is 0.381. The molecule has 0 bridgehead atoms. The van der Waals surface area contributed by atoms with E-state index < -0.39 is 0 Å². The average molecular weight is 395 g/mol. The number of nitrogens with zero attached hydrogens (tertiary/aromatic N) is 4. The van der Waals surface area contributed by atoms with E-state index in [1.807, 2.05) is 12.3 Å². The summed E-state index contributed by atoms with van der Waals surface area (Å²) >= 11 is 6.80. The standard InChI is InChI=1S/C21H23ClN6/c1-12-3-4-17-15(11-25-27-17)19(12)20-16(22)9-14-18(5-6-24-21(14)26-20)28-8-7-23-10-13(28)2/h3-4,9,11,13,23H,5-8,10H2,1-2H3,(H,25,27). The van der Waals surface area contributed by atoms with Crippen LogP contribution in [0.4, 0.5) is 0 Å². The summed E-state index contributed by atoms with van der Waals surface area (Å²) in [5.41, 5.74) is 6.03. The first-order valence-electron chi connectivity index (χ1n) is 9.78. The van der Waals surface area contributed by atoms with Gasteiger partial charge in [0.05, 0.1) is 22.4 Å². The summed E-state index contributed by atoms with van der Waals surface area (Å²) in [5, 5.41) is 13.5. The fourth-order valence-corrected chi connectivity index (χ4v) is 4.62. The van der Waals surface area contributed by atoms with E-state index in [1.54, 1.807) is 0 Å². The molecule has 1 fully saturated rings. The lowest BCUT2D eigenvalue weighted by Gasteiger charge is -2.38. The van der Waals surface area contributed by atoms with Crippen LogP contribution in [0, 0.1) is 6.92 Å². The van der Waals surface area contributed by atoms with Gasteiger partial charge in [0.2, 0.25) is 0 Å². The molecule has 28 heavy (non-hydrogen) atoms. The van der Waals surface area contributed by atoms with Crippen LogP contribution in [0.15, 0.2) is 29.4 Å². The van der Waals surface area contributed by atoms with Crippen molar-refractivity contribution in [2.75, 3.05) is 26.2 Å². The lowest BCUT2D eigenvalue weighted by atomic mass is 10.00. The van der Waals surface area contributed by atoms with Gasteiger partial charge in [0.15, 0.2) is 5.49 Å². The van der Waals surface area contributed by atoms with Gasteiger partial charge in [-0.15, -0.1) is 0 Å². The summed E-state index contributed by atoms with van der Waals surface area (Å²) in [6, 6.07) is 6.62. The number of piperazine rings is 1. The molecule has 1 saturated heterocycles. The van der Waals surface area contributed by atoms with Crippen molar-refractivity contribution in [1.29, 1.82) is 0 Å². The normalized spacial score (nSPS) is 19.6. The predicted octanol–water partition coefficient (Wildman–Crippen LogP) is 2.01. The second-order valence-corrected chi connectivity index (χ2v) is 8.01. The molecule has 2 aliphatic rings. The first-order valence-corrected chi connectivity index (χ1v) is 10.2. The average Bonchev–Trinajstić information content (AvgIpc) is 3.17. The Bertz CT molecular complexity index is 1180. The van der Waals surface area contributed by atoms with Crippen LogP contribution < -0.4 is 16.0 Å². The van der Waals surface area contributed by atoms with Crippen molar-refractivity contribution in [3.63, 3.8) is 0 Å². The van der Waals surface area contributed by atoms with Crippen molar-refractivity contribution in [2.24, 2.45) is 4.99 Å². The van der Waals surface area contributed by atoms with Crippen LogP contribution in [-0.2, 0) is 0 Å². The smallest absolute Gasteiger partial charge is 0.157 e. The molecule has 144 valence electrons. The van der Waals surface area contributed by atoms with E-state index in [1.165, 1.54) is 5.70 Å². The molecule has 0 aliphatic carbocycles. The summed E-state index contributed by atoms with van der Waals surface area (Å²) in [6.45, 7) is 8.11. The maximum absolute atomic E-state index is 6.80. The molecule has 5 rings (SSSR count). The molecule has 3 aromatic rings. The van der Waals surface area contributed by atoms with Gasteiger partial charge in [-0.2, -0.15) is 5.10 Å². The third kappa shape index (κ3) is 2.79. The molecule has 6 nitrogen and oxygen atoms in total. The van der Waals surface area contributed by atoms with Gasteiger partial charge in [-0.25, -0.2) is 4.98 Å². The zero-order chi connectivity index (χ0) is 19.3. The molecule has 2 aromatic heterocycles. The Balaban J connectivity index is 1.74. The number of aryl methyl sites for hydroxylation is 1. The lowest BCUT2D eigenvalue weighted by Crippen LogP contribution is -2.52. The monoisotopic (exact) mass is 394 g/mol. The summed E-state index contributed by atoms with van der Waals surface area (Å²) in [6.07, 6.45) is 2.78. The minimum absolute atomic E-state index is 0.454. The number of hydrogen-bond acceptors (Lipinski definition) is 5. The molecule has 0 amide bonds. The Labute approximate surface area is 168 Å². The molecule has 0 saturated carbocycles. The van der Waals surface area contributed by atoms with E-state index in [9.17, 15) is 0 Å². The highest BCUT2D eigenvalue weighted by molar-refractivity contribution is 6.33. The third-order valence-corrected chi connectivity index (χ3v) is 6.08. The number of aromatic nitrogens is 3. The van der Waals surface area contributed by atoms with E-state index in [4.69, 9.17) is 21.6 Å². The maximum atomic E-state index is 6.80. The third-order valence-electron chi connectivity index (χ3n) is 5.79. The van der Waals surface area contributed by atoms with Crippen LogP contribution in [0.3, 0.4) is 0 Å². The minimum atomic E-state index is 0.454. The van der Waals surface area contributed by atoms with E-state index in [2.05, 4.69) is 46.4 Å². The Morgan fingerprint density at radius 2 is 2.18 bits per heavy atom. The van der Waals surface area contributed by atoms with Crippen molar-refractivity contribution < 1.29 is 0 Å². The van der Waals surface area contributed by atoms with Gasteiger partial charge in [-0.05, 0) is 31.5 Å². The summed E-state index contributed by atoms with van der Waals surface area (Å²) in [5.74, 6) is 0. The van der Waals surface area contributed by atoms with Gasteiger partial charge in [0, 0.05) is 60.5 Å². The molecule has 4 heterocycles. The number of hydrogen-bond donors (Lipinski definition) is 2. The lowest BCUT2D eigenvalue weighted by molar-refractivity contribution is 0.250. The molecule has 1 unspecified atom stereocenters. The number of pyridine rings is 1. The van der Waals surface area contributed by atoms with Gasteiger partial charge in [-0.1, -0.05) is 17.7 Å². The Kier molecular flexibility index (Phi) is 4.33. The van der Waals surface area contributed by atoms with Gasteiger partial charge >= 0.3 is 0 Å². The van der Waals surface area contributed by atoms with Gasteiger partial charge in [-0.3, -0.25) is 10.1 Å². The number of aromatic amines is 1. The molecular weight excluding hydrogens is 372 g/mol. The molecule has 1 aromatic carbocycles. The summed E-state index contributed by atoms with van der Waals surface area (Å²) in [4.78, 5) is 12.2. The molecule has 2 N–H and O–H groups in total. The minimum Gasteiger partial charge on any atom is -0.369 e. The number of H-pyrrole nitrogens is 1. The molecule has 1 atom stereocenters. The van der Waals surface area contributed by atoms with E-state index in [-0.39, 0.29) is 0 Å². The second kappa shape index (κ2) is 6.87. The highest BCUT2D eigenvalue weighted by atomic mass is 35.5. The van der Waals surface area contributed by atoms with Crippen LogP contribution in [0.5, 0.6) is 0 Å². The highest BCUT2D eigenvalue weighted by Crippen LogP contribution is 2.33. The van der Waals surface area contributed by atoms with Crippen LogP contribution in [-0.4, -0.2) is 52.3 Å². The van der Waals surface area contributed by atoms with E-state index >= 15 is 0 Å². The highest BCUT2D eigenvalue weighted by Gasteiger charge is 2.23. The van der Waals surface area contributed by atoms with Crippen LogP contribution in [0.1, 0.15) is 18.9 Å². The Hall–Kier alpha value is -2.44. The van der Waals surface area contributed by atoms with Gasteiger partial charge in [0.1, 0.15) is 0 Å². The Morgan fingerprint density at radius 1 is 1.29 bits per heavy atom. The van der Waals surface area contributed by atoms with Crippen molar-refractivity contribution in [3.8, 4) is 11.3 Å². The fourth-order valence-electron chi connectivity index (χ4n) is 4.37. The topological polar surface area (TPSA) is 69.2 Å². The zero-order valence-electron chi connectivity index (χ0n) is 16.1. The van der Waals surface area contributed by atoms with E-state index in [0.29, 0.717) is 11.1 Å². The summed E-state index contributed by atoms with van der Waals surface area (Å²) in [7, 11) is 0. The quantitative estimate of drug-likeness (QED) is 0.697. The molecule has 0 radical (unpaired) electrons. The number of fused-ring (bicyclic) bond motifs is 2. The maximum Gasteiger partial charge on any atom is 0.157 e. The number of halogens is 1. The largest absolute Gasteiger partial charge is 0.369 e. The van der Waals surface area contributed by atoms with Crippen molar-refractivity contribution in [3.05, 3.63) is 45.7 Å². The number of nitrogens with one attached hydrogen (secondary N) is 2.